The lowest BCUT2D eigenvalue weighted by atomic mass is 9.51. The number of piperidine rings is 1. The van der Waals surface area contributed by atoms with Crippen molar-refractivity contribution in [2.45, 2.75) is 69.7 Å². The molecule has 0 bridgehead atoms. The second-order valence-corrected chi connectivity index (χ2v) is 11.4. The number of rotatable bonds is 1. The van der Waals surface area contributed by atoms with Gasteiger partial charge in [-0.15, -0.1) is 0 Å². The second-order valence-electron chi connectivity index (χ2n) is 9.37. The average Bonchev–Trinajstić information content (AvgIpc) is 2.95. The van der Waals surface area contributed by atoms with Crippen LogP contribution >= 0.6 is 0 Å². The number of ketones is 1. The largest absolute Gasteiger partial charge is 0.499 e. The van der Waals surface area contributed by atoms with Gasteiger partial charge < -0.3 is 5.32 Å². The molecule has 0 aromatic rings. The molecule has 1 N–H and O–H groups in total. The molecule has 1 heterocycles. The first-order valence-electron chi connectivity index (χ1n) is 9.72. The Labute approximate surface area is 157 Å². The summed E-state index contributed by atoms with van der Waals surface area (Å²) in [6.45, 7) is 4.10. The van der Waals surface area contributed by atoms with E-state index in [0.717, 1.165) is 25.7 Å². The van der Waals surface area contributed by atoms with E-state index in [1.54, 1.807) is 0 Å². The number of sulfone groups is 1. The smallest absolute Gasteiger partial charge is 0.371 e. The molecule has 1 saturated heterocycles. The minimum atomic E-state index is -5.39. The molecule has 0 amide bonds. The molecular weight excluding hydrogens is 379 g/mol. The third-order valence-electron chi connectivity index (χ3n) is 8.05. The summed E-state index contributed by atoms with van der Waals surface area (Å²) in [5.74, 6) is -0.926. The van der Waals surface area contributed by atoms with Crippen LogP contribution in [0.1, 0.15) is 58.8 Å². The number of halogens is 3. The molecule has 6 atom stereocenters. The van der Waals surface area contributed by atoms with E-state index in [1.165, 1.54) is 6.08 Å². The summed E-state index contributed by atoms with van der Waals surface area (Å²) >= 11 is 0. The monoisotopic (exact) mass is 405 g/mol. The highest BCUT2D eigenvalue weighted by atomic mass is 32.2. The molecule has 0 radical (unpaired) electrons. The number of hydrogen-bond donors (Lipinski definition) is 1. The van der Waals surface area contributed by atoms with Gasteiger partial charge in [-0.1, -0.05) is 20.3 Å². The van der Waals surface area contributed by atoms with Crippen LogP contribution in [-0.4, -0.2) is 25.1 Å². The van der Waals surface area contributed by atoms with Gasteiger partial charge in [0, 0.05) is 29.5 Å². The van der Waals surface area contributed by atoms with Gasteiger partial charge in [-0.05, 0) is 49.4 Å². The van der Waals surface area contributed by atoms with Crippen LogP contribution in [0.2, 0.25) is 0 Å². The highest BCUT2D eigenvalue weighted by molar-refractivity contribution is 7.92. The van der Waals surface area contributed by atoms with E-state index in [4.69, 9.17) is 0 Å². The SMILES string of the molecule is C[C@@]12CCC[C@H]1[C@@H]1C(S(=O)(=O)C(F)(F)F)NC3=CC(=O)CC[C@]3(C)[C@H]1CC2. The molecule has 3 fully saturated rings. The molecule has 4 rings (SSSR count). The number of carbonyl (C=O) groups is 1. The lowest BCUT2D eigenvalue weighted by molar-refractivity contribution is -0.117. The lowest BCUT2D eigenvalue weighted by Crippen LogP contribution is -2.64. The van der Waals surface area contributed by atoms with Crippen LogP contribution in [0.15, 0.2) is 11.8 Å². The third-order valence-corrected chi connectivity index (χ3v) is 9.79. The Bertz CT molecular complexity index is 806. The highest BCUT2D eigenvalue weighted by Gasteiger charge is 2.65. The molecule has 4 aliphatic rings. The fourth-order valence-corrected chi connectivity index (χ4v) is 7.90. The number of fused-ring (bicyclic) bond motifs is 5. The lowest BCUT2D eigenvalue weighted by Gasteiger charge is -2.59. The molecule has 3 aliphatic carbocycles. The molecule has 8 heteroatoms. The van der Waals surface area contributed by atoms with E-state index in [2.05, 4.69) is 12.2 Å². The molecule has 0 aromatic carbocycles. The van der Waals surface area contributed by atoms with Crippen molar-refractivity contribution in [2.24, 2.45) is 28.6 Å². The van der Waals surface area contributed by atoms with Gasteiger partial charge in [0.05, 0.1) is 0 Å². The van der Waals surface area contributed by atoms with Gasteiger partial charge in [-0.3, -0.25) is 4.79 Å². The topological polar surface area (TPSA) is 63.2 Å². The first-order chi connectivity index (χ1) is 12.4. The van der Waals surface area contributed by atoms with Gasteiger partial charge in [0.2, 0.25) is 0 Å². The average molecular weight is 405 g/mol. The third kappa shape index (κ3) is 2.61. The van der Waals surface area contributed by atoms with E-state index < -0.39 is 32.1 Å². The molecule has 0 spiro atoms. The van der Waals surface area contributed by atoms with Crippen LogP contribution < -0.4 is 5.32 Å². The maximum atomic E-state index is 13.5. The quantitative estimate of drug-likeness (QED) is 0.718. The number of carbonyl (C=O) groups excluding carboxylic acids is 1. The zero-order chi connectivity index (χ0) is 19.8. The van der Waals surface area contributed by atoms with Crippen LogP contribution in [0.3, 0.4) is 0 Å². The van der Waals surface area contributed by atoms with Crippen molar-refractivity contribution in [1.29, 1.82) is 0 Å². The van der Waals surface area contributed by atoms with Crippen LogP contribution in [-0.2, 0) is 14.6 Å². The van der Waals surface area contributed by atoms with Gasteiger partial charge in [0.15, 0.2) is 5.78 Å². The van der Waals surface area contributed by atoms with Crippen molar-refractivity contribution in [1.82, 2.24) is 5.32 Å². The maximum absolute atomic E-state index is 13.5. The summed E-state index contributed by atoms with van der Waals surface area (Å²) in [4.78, 5) is 11.9. The van der Waals surface area contributed by atoms with Gasteiger partial charge in [0.1, 0.15) is 5.37 Å². The number of hydrogen-bond acceptors (Lipinski definition) is 4. The van der Waals surface area contributed by atoms with E-state index in [1.807, 2.05) is 6.92 Å². The number of allylic oxidation sites excluding steroid dienone is 2. The van der Waals surface area contributed by atoms with Gasteiger partial charge in [-0.25, -0.2) is 8.42 Å². The first kappa shape index (κ1) is 19.3. The fourth-order valence-electron chi connectivity index (χ4n) is 6.54. The summed E-state index contributed by atoms with van der Waals surface area (Å²) in [6, 6.07) is 0. The Morgan fingerprint density at radius 2 is 1.81 bits per heavy atom. The number of nitrogens with one attached hydrogen (secondary N) is 1. The molecule has 152 valence electrons. The van der Waals surface area contributed by atoms with Crippen LogP contribution in [0.4, 0.5) is 13.2 Å². The Morgan fingerprint density at radius 3 is 2.48 bits per heavy atom. The Balaban J connectivity index is 1.86. The van der Waals surface area contributed by atoms with Crippen molar-refractivity contribution in [2.75, 3.05) is 0 Å². The van der Waals surface area contributed by atoms with Gasteiger partial charge >= 0.3 is 5.51 Å². The van der Waals surface area contributed by atoms with E-state index in [-0.39, 0.29) is 23.0 Å². The minimum absolute atomic E-state index is 0.0399. The van der Waals surface area contributed by atoms with E-state index in [0.29, 0.717) is 25.0 Å². The Hall–Kier alpha value is -1.05. The fraction of sp³-hybridized carbons (Fsp3) is 0.842. The van der Waals surface area contributed by atoms with Crippen molar-refractivity contribution in [3.8, 4) is 0 Å². The summed E-state index contributed by atoms with van der Waals surface area (Å²) in [7, 11) is -5.39. The molecule has 2 saturated carbocycles. The summed E-state index contributed by atoms with van der Waals surface area (Å²) < 4.78 is 65.5. The van der Waals surface area contributed by atoms with E-state index >= 15 is 0 Å². The van der Waals surface area contributed by atoms with Crippen molar-refractivity contribution >= 4 is 15.6 Å². The van der Waals surface area contributed by atoms with Crippen LogP contribution in [0.5, 0.6) is 0 Å². The van der Waals surface area contributed by atoms with Crippen molar-refractivity contribution in [3.63, 3.8) is 0 Å². The predicted octanol–water partition coefficient (Wildman–Crippen LogP) is 3.94. The van der Waals surface area contributed by atoms with Crippen molar-refractivity contribution < 1.29 is 26.4 Å². The zero-order valence-corrected chi connectivity index (χ0v) is 16.4. The van der Waals surface area contributed by atoms with Crippen LogP contribution in [0.25, 0.3) is 0 Å². The van der Waals surface area contributed by atoms with Crippen molar-refractivity contribution in [3.05, 3.63) is 11.8 Å². The van der Waals surface area contributed by atoms with E-state index in [9.17, 15) is 26.4 Å². The highest BCUT2D eigenvalue weighted by Crippen LogP contribution is 2.64. The molecule has 27 heavy (non-hydrogen) atoms. The normalized spacial score (nSPS) is 44.6. The Morgan fingerprint density at radius 1 is 1.11 bits per heavy atom. The molecule has 1 aliphatic heterocycles. The first-order valence-corrected chi connectivity index (χ1v) is 11.3. The molecule has 1 unspecified atom stereocenters. The molecule has 0 aromatic heterocycles. The summed E-state index contributed by atoms with van der Waals surface area (Å²) in [5.41, 5.74) is -5.47. The van der Waals surface area contributed by atoms with Gasteiger partial charge in [-0.2, -0.15) is 13.2 Å². The number of alkyl halides is 3. The predicted molar refractivity (Wildman–Crippen MR) is 94.0 cm³/mol. The minimum Gasteiger partial charge on any atom is -0.371 e. The van der Waals surface area contributed by atoms with Crippen LogP contribution in [0, 0.1) is 28.6 Å². The summed E-state index contributed by atoms with van der Waals surface area (Å²) in [5, 5.41) is 1.04. The zero-order valence-electron chi connectivity index (χ0n) is 15.6. The molecular formula is C19H26F3NO3S. The standard InChI is InChI=1S/C19H26F3NO3S/c1-17-7-3-4-12(17)15-13(6-8-17)18(2)9-5-11(24)10-14(18)23-16(15)27(25,26)19(20,21)22/h10,12-13,15-16,23H,3-9H2,1-2H3/t12-,13-,15-,16?,17-,18+/m0/s1. The Kier molecular flexibility index (Phi) is 4.09. The molecule has 4 nitrogen and oxygen atoms in total. The van der Waals surface area contributed by atoms with Gasteiger partial charge in [0.25, 0.3) is 9.84 Å². The maximum Gasteiger partial charge on any atom is 0.499 e. The summed E-state index contributed by atoms with van der Waals surface area (Å²) in [6.07, 6.45) is 6.55. The second kappa shape index (κ2) is 5.74.